The van der Waals surface area contributed by atoms with Gasteiger partial charge in [0.1, 0.15) is 11.5 Å². The van der Waals surface area contributed by atoms with Crippen LogP contribution >= 0.6 is 0 Å². The fraction of sp³-hybridized carbons (Fsp3) is 0.200. The molecule has 0 atom stereocenters. The van der Waals surface area contributed by atoms with Gasteiger partial charge in [-0.1, -0.05) is 6.07 Å². The van der Waals surface area contributed by atoms with E-state index >= 15 is 0 Å². The Hall–Kier alpha value is -2.65. The Labute approximate surface area is 139 Å². The largest absolute Gasteiger partial charge is 0.466 e. The highest BCUT2D eigenvalue weighted by molar-refractivity contribution is 7.89. The van der Waals surface area contributed by atoms with Gasteiger partial charge in [0.2, 0.25) is 10.0 Å². The van der Waals surface area contributed by atoms with Gasteiger partial charge in [-0.15, -0.1) is 0 Å². The molecule has 0 fully saturated rings. The van der Waals surface area contributed by atoms with Gasteiger partial charge in [-0.2, -0.15) is 0 Å². The van der Waals surface area contributed by atoms with E-state index in [1.54, 1.807) is 19.9 Å². The van der Waals surface area contributed by atoms with Crippen LogP contribution in [0.5, 0.6) is 0 Å². The predicted octanol–water partition coefficient (Wildman–Crippen LogP) is 0.879. The summed E-state index contributed by atoms with van der Waals surface area (Å²) in [6, 6.07) is 6.99. The molecule has 0 spiro atoms. The lowest BCUT2D eigenvalue weighted by molar-refractivity contribution is 0.0845. The van der Waals surface area contributed by atoms with E-state index in [1.807, 2.05) is 0 Å². The van der Waals surface area contributed by atoms with Crippen molar-refractivity contribution in [2.75, 3.05) is 7.05 Å². The van der Waals surface area contributed by atoms with Crippen molar-refractivity contribution in [3.63, 3.8) is 0 Å². The number of hydrogen-bond acceptors (Lipinski definition) is 5. The van der Waals surface area contributed by atoms with Gasteiger partial charge < -0.3 is 4.42 Å². The summed E-state index contributed by atoms with van der Waals surface area (Å²) in [5, 5.41) is 0. The average molecular weight is 351 g/mol. The van der Waals surface area contributed by atoms with Gasteiger partial charge in [0.15, 0.2) is 0 Å². The molecule has 0 aliphatic carbocycles. The maximum atomic E-state index is 12.1. The maximum absolute atomic E-state index is 12.1. The molecule has 0 bridgehead atoms. The summed E-state index contributed by atoms with van der Waals surface area (Å²) in [5.74, 6) is -0.165. The molecule has 2 rings (SSSR count). The Kier molecular flexibility index (Phi) is 5.05. The first-order chi connectivity index (χ1) is 11.2. The van der Waals surface area contributed by atoms with Crippen LogP contribution in [0.3, 0.4) is 0 Å². The molecule has 9 heteroatoms. The fourth-order valence-corrected chi connectivity index (χ4v) is 2.81. The molecule has 0 unspecified atom stereocenters. The van der Waals surface area contributed by atoms with Crippen molar-refractivity contribution in [3.05, 3.63) is 53.0 Å². The number of hydrazine groups is 1. The first-order valence-corrected chi connectivity index (χ1v) is 8.44. The number of carbonyl (C=O) groups excluding carboxylic acids is 2. The fourth-order valence-electron chi connectivity index (χ4n) is 2.03. The number of rotatable bonds is 4. The van der Waals surface area contributed by atoms with Gasteiger partial charge in [0.05, 0.1) is 10.5 Å². The van der Waals surface area contributed by atoms with E-state index < -0.39 is 21.8 Å². The van der Waals surface area contributed by atoms with E-state index in [0.717, 1.165) is 0 Å². The van der Waals surface area contributed by atoms with Crippen LogP contribution in [-0.2, 0) is 10.0 Å². The van der Waals surface area contributed by atoms with Crippen LogP contribution < -0.4 is 15.6 Å². The molecule has 0 aliphatic rings. The molecular weight excluding hydrogens is 334 g/mol. The Morgan fingerprint density at radius 3 is 2.29 bits per heavy atom. The molecule has 0 saturated heterocycles. The molecule has 0 saturated carbocycles. The summed E-state index contributed by atoms with van der Waals surface area (Å²) in [4.78, 5) is 24.0. The molecule has 0 aliphatic heterocycles. The topological polar surface area (TPSA) is 118 Å². The molecule has 1 aromatic carbocycles. The standard InChI is InChI=1S/C15H17N3O5S/c1-9-7-13(10(2)23-9)15(20)18-17-14(19)11-5-4-6-12(8-11)24(21,22)16-3/h4-8,16H,1-3H3,(H,17,19)(H,18,20). The smallest absolute Gasteiger partial charge is 0.273 e. The van der Waals surface area contributed by atoms with Crippen LogP contribution in [0.1, 0.15) is 32.2 Å². The minimum absolute atomic E-state index is 0.0507. The van der Waals surface area contributed by atoms with Gasteiger partial charge in [0, 0.05) is 5.56 Å². The number of carbonyl (C=O) groups is 2. The Bertz CT molecular complexity index is 886. The lowest BCUT2D eigenvalue weighted by Gasteiger charge is -2.08. The van der Waals surface area contributed by atoms with E-state index in [1.165, 1.54) is 31.3 Å². The molecule has 2 amide bonds. The van der Waals surface area contributed by atoms with Crippen molar-refractivity contribution >= 4 is 21.8 Å². The Morgan fingerprint density at radius 2 is 1.71 bits per heavy atom. The zero-order valence-electron chi connectivity index (χ0n) is 13.3. The lowest BCUT2D eigenvalue weighted by Crippen LogP contribution is -2.41. The highest BCUT2D eigenvalue weighted by Crippen LogP contribution is 2.13. The number of nitrogens with one attached hydrogen (secondary N) is 3. The van der Waals surface area contributed by atoms with Crippen molar-refractivity contribution in [3.8, 4) is 0 Å². The lowest BCUT2D eigenvalue weighted by atomic mass is 10.2. The number of amides is 2. The normalized spacial score (nSPS) is 11.1. The Morgan fingerprint density at radius 1 is 1.04 bits per heavy atom. The average Bonchev–Trinajstić information content (AvgIpc) is 2.91. The summed E-state index contributed by atoms with van der Waals surface area (Å²) in [5.41, 5.74) is 4.89. The molecule has 128 valence electrons. The van der Waals surface area contributed by atoms with Crippen molar-refractivity contribution < 1.29 is 22.4 Å². The van der Waals surface area contributed by atoms with Gasteiger partial charge in [-0.05, 0) is 45.2 Å². The minimum atomic E-state index is -3.66. The Balaban J connectivity index is 2.09. The SMILES string of the molecule is CNS(=O)(=O)c1cccc(C(=O)NNC(=O)c2cc(C)oc2C)c1. The van der Waals surface area contributed by atoms with Gasteiger partial charge in [0.25, 0.3) is 11.8 Å². The molecule has 2 aromatic rings. The summed E-state index contributed by atoms with van der Waals surface area (Å²) in [6.45, 7) is 3.34. The number of benzene rings is 1. The predicted molar refractivity (Wildman–Crippen MR) is 85.8 cm³/mol. The quantitative estimate of drug-likeness (QED) is 0.707. The van der Waals surface area contributed by atoms with Gasteiger partial charge in [-0.25, -0.2) is 13.1 Å². The molecule has 3 N–H and O–H groups in total. The molecule has 1 heterocycles. The first-order valence-electron chi connectivity index (χ1n) is 6.96. The van der Waals surface area contributed by atoms with Crippen LogP contribution in [0.15, 0.2) is 39.6 Å². The van der Waals surface area contributed by atoms with E-state index in [0.29, 0.717) is 17.1 Å². The zero-order valence-corrected chi connectivity index (χ0v) is 14.2. The van der Waals surface area contributed by atoms with Crippen molar-refractivity contribution in [1.29, 1.82) is 0 Å². The zero-order chi connectivity index (χ0) is 17.9. The van der Waals surface area contributed by atoms with E-state index in [9.17, 15) is 18.0 Å². The molecule has 1 aromatic heterocycles. The molecule has 0 radical (unpaired) electrons. The van der Waals surface area contributed by atoms with Crippen molar-refractivity contribution in [2.45, 2.75) is 18.7 Å². The van der Waals surface area contributed by atoms with Crippen LogP contribution in [0.2, 0.25) is 0 Å². The second-order valence-electron chi connectivity index (χ2n) is 4.97. The van der Waals surface area contributed by atoms with Gasteiger partial charge in [-0.3, -0.25) is 20.4 Å². The van der Waals surface area contributed by atoms with Crippen LogP contribution in [0.25, 0.3) is 0 Å². The maximum Gasteiger partial charge on any atom is 0.273 e. The minimum Gasteiger partial charge on any atom is -0.466 e. The third-order valence-corrected chi connectivity index (χ3v) is 4.66. The third kappa shape index (κ3) is 3.81. The van der Waals surface area contributed by atoms with Crippen molar-refractivity contribution in [1.82, 2.24) is 15.6 Å². The first kappa shape index (κ1) is 17.7. The number of hydrogen-bond donors (Lipinski definition) is 3. The number of sulfonamides is 1. The summed E-state index contributed by atoms with van der Waals surface area (Å²) in [6.07, 6.45) is 0. The second kappa shape index (κ2) is 6.85. The number of furan rings is 1. The summed E-state index contributed by atoms with van der Waals surface area (Å²) >= 11 is 0. The van der Waals surface area contributed by atoms with Gasteiger partial charge >= 0.3 is 0 Å². The summed E-state index contributed by atoms with van der Waals surface area (Å²) in [7, 11) is -2.39. The van der Waals surface area contributed by atoms with Crippen molar-refractivity contribution in [2.24, 2.45) is 0 Å². The monoisotopic (exact) mass is 351 g/mol. The van der Waals surface area contributed by atoms with E-state index in [4.69, 9.17) is 4.42 Å². The highest BCUT2D eigenvalue weighted by Gasteiger charge is 2.16. The van der Waals surface area contributed by atoms with Crippen LogP contribution in [0, 0.1) is 13.8 Å². The summed E-state index contributed by atoms with van der Waals surface area (Å²) < 4.78 is 30.9. The molecular formula is C15H17N3O5S. The van der Waals surface area contributed by atoms with E-state index in [-0.39, 0.29) is 10.5 Å². The third-order valence-electron chi connectivity index (χ3n) is 3.25. The van der Waals surface area contributed by atoms with Crippen LogP contribution in [0.4, 0.5) is 0 Å². The molecule has 24 heavy (non-hydrogen) atoms. The molecule has 8 nitrogen and oxygen atoms in total. The second-order valence-corrected chi connectivity index (χ2v) is 6.86. The highest BCUT2D eigenvalue weighted by atomic mass is 32.2. The van der Waals surface area contributed by atoms with Crippen LogP contribution in [-0.4, -0.2) is 27.3 Å². The van der Waals surface area contributed by atoms with E-state index in [2.05, 4.69) is 15.6 Å². The number of aryl methyl sites for hydroxylation is 2.